The standard InChI is InChI=1S/C15H21N7S/c1-11-12(23-10-20-11)4-3-5-21(2)6-7-22-9-19-13-14(16)17-8-18-15(13)22/h8-10H,3-7H2,1-2H3,(H2,16,17,18). The first-order valence-electron chi connectivity index (χ1n) is 7.64. The molecule has 0 spiro atoms. The van der Waals surface area contributed by atoms with Crippen LogP contribution in [0.15, 0.2) is 18.2 Å². The van der Waals surface area contributed by atoms with E-state index < -0.39 is 0 Å². The average Bonchev–Trinajstić information content (AvgIpc) is 3.13. The molecule has 0 amide bonds. The van der Waals surface area contributed by atoms with Crippen molar-refractivity contribution < 1.29 is 0 Å². The summed E-state index contributed by atoms with van der Waals surface area (Å²) in [7, 11) is 2.14. The molecule has 0 bridgehead atoms. The number of aromatic nitrogens is 5. The van der Waals surface area contributed by atoms with Crippen LogP contribution in [0.3, 0.4) is 0 Å². The van der Waals surface area contributed by atoms with Crippen molar-refractivity contribution in [2.75, 3.05) is 25.9 Å². The van der Waals surface area contributed by atoms with E-state index in [-0.39, 0.29) is 0 Å². The van der Waals surface area contributed by atoms with Crippen LogP contribution in [0, 0.1) is 6.92 Å². The highest BCUT2D eigenvalue weighted by atomic mass is 32.1. The Morgan fingerprint density at radius 3 is 2.87 bits per heavy atom. The predicted octanol–water partition coefficient (Wildman–Crippen LogP) is 1.74. The molecule has 8 heteroatoms. The summed E-state index contributed by atoms with van der Waals surface area (Å²) in [5.74, 6) is 0.432. The first kappa shape index (κ1) is 15.8. The molecule has 3 rings (SSSR count). The zero-order chi connectivity index (χ0) is 16.2. The van der Waals surface area contributed by atoms with Crippen LogP contribution in [-0.4, -0.2) is 49.5 Å². The van der Waals surface area contributed by atoms with Gasteiger partial charge >= 0.3 is 0 Å². The molecule has 3 aromatic rings. The number of aryl methyl sites for hydroxylation is 2. The molecule has 3 aromatic heterocycles. The van der Waals surface area contributed by atoms with Gasteiger partial charge in [-0.25, -0.2) is 19.9 Å². The molecule has 0 aliphatic carbocycles. The number of likely N-dealkylation sites (N-methyl/N-ethyl adjacent to an activating group) is 1. The van der Waals surface area contributed by atoms with Crippen LogP contribution in [0.2, 0.25) is 0 Å². The molecule has 0 radical (unpaired) electrons. The van der Waals surface area contributed by atoms with Crippen molar-refractivity contribution in [2.24, 2.45) is 0 Å². The molecule has 0 saturated heterocycles. The molecule has 0 fully saturated rings. The maximum absolute atomic E-state index is 5.81. The van der Waals surface area contributed by atoms with Crippen molar-refractivity contribution in [3.8, 4) is 0 Å². The van der Waals surface area contributed by atoms with Gasteiger partial charge in [0.15, 0.2) is 11.5 Å². The number of hydrogen-bond acceptors (Lipinski definition) is 7. The fourth-order valence-electron chi connectivity index (χ4n) is 2.53. The topological polar surface area (TPSA) is 85.8 Å². The van der Waals surface area contributed by atoms with Crippen LogP contribution in [-0.2, 0) is 13.0 Å². The summed E-state index contributed by atoms with van der Waals surface area (Å²) in [4.78, 5) is 20.5. The highest BCUT2D eigenvalue weighted by molar-refractivity contribution is 7.09. The van der Waals surface area contributed by atoms with Gasteiger partial charge in [-0.05, 0) is 33.4 Å². The molecule has 0 saturated carbocycles. The Morgan fingerprint density at radius 1 is 1.22 bits per heavy atom. The van der Waals surface area contributed by atoms with Crippen LogP contribution in [0.25, 0.3) is 11.2 Å². The Bertz CT molecular complexity index is 779. The summed E-state index contributed by atoms with van der Waals surface area (Å²) in [6.07, 6.45) is 5.50. The first-order valence-corrected chi connectivity index (χ1v) is 8.52. The number of nitrogens with two attached hydrogens (primary N) is 1. The summed E-state index contributed by atoms with van der Waals surface area (Å²) in [6, 6.07) is 0. The lowest BCUT2D eigenvalue weighted by Gasteiger charge is -2.16. The van der Waals surface area contributed by atoms with E-state index in [0.717, 1.165) is 38.1 Å². The highest BCUT2D eigenvalue weighted by Gasteiger charge is 2.08. The number of fused-ring (bicyclic) bond motifs is 1. The van der Waals surface area contributed by atoms with E-state index in [4.69, 9.17) is 5.73 Å². The molecule has 0 unspecified atom stereocenters. The minimum atomic E-state index is 0.432. The molecule has 23 heavy (non-hydrogen) atoms. The monoisotopic (exact) mass is 331 g/mol. The molecule has 0 aliphatic rings. The fourth-order valence-corrected chi connectivity index (χ4v) is 3.35. The van der Waals surface area contributed by atoms with Gasteiger partial charge in [-0.2, -0.15) is 0 Å². The fraction of sp³-hybridized carbons (Fsp3) is 0.467. The van der Waals surface area contributed by atoms with E-state index in [1.807, 2.05) is 10.1 Å². The highest BCUT2D eigenvalue weighted by Crippen LogP contribution is 2.15. The van der Waals surface area contributed by atoms with E-state index >= 15 is 0 Å². The molecule has 0 aromatic carbocycles. The second-order valence-corrected chi connectivity index (χ2v) is 6.58. The zero-order valence-electron chi connectivity index (χ0n) is 13.4. The van der Waals surface area contributed by atoms with E-state index in [0.29, 0.717) is 11.3 Å². The van der Waals surface area contributed by atoms with Gasteiger partial charge in [0.1, 0.15) is 11.8 Å². The smallest absolute Gasteiger partial charge is 0.165 e. The van der Waals surface area contributed by atoms with Crippen molar-refractivity contribution in [2.45, 2.75) is 26.3 Å². The second kappa shape index (κ2) is 7.01. The molecule has 0 atom stereocenters. The number of imidazole rings is 1. The molecule has 2 N–H and O–H groups in total. The molecule has 3 heterocycles. The molecular weight excluding hydrogens is 310 g/mol. The third-order valence-electron chi connectivity index (χ3n) is 3.94. The maximum atomic E-state index is 5.81. The van der Waals surface area contributed by atoms with Crippen LogP contribution in [0.5, 0.6) is 0 Å². The van der Waals surface area contributed by atoms with Crippen molar-refractivity contribution in [3.05, 3.63) is 28.7 Å². The number of nitrogen functional groups attached to an aromatic ring is 1. The lowest BCUT2D eigenvalue weighted by atomic mass is 10.2. The summed E-state index contributed by atoms with van der Waals surface area (Å²) in [5.41, 5.74) is 10.4. The van der Waals surface area contributed by atoms with Crippen molar-refractivity contribution in [1.82, 2.24) is 29.4 Å². The van der Waals surface area contributed by atoms with Crippen molar-refractivity contribution in [1.29, 1.82) is 0 Å². The average molecular weight is 331 g/mol. The van der Waals surface area contributed by atoms with E-state index in [9.17, 15) is 0 Å². The number of hydrogen-bond donors (Lipinski definition) is 1. The number of thiazole rings is 1. The lowest BCUT2D eigenvalue weighted by Crippen LogP contribution is -2.24. The third kappa shape index (κ3) is 3.65. The maximum Gasteiger partial charge on any atom is 0.165 e. The summed E-state index contributed by atoms with van der Waals surface area (Å²) in [6.45, 7) is 4.91. The number of nitrogens with zero attached hydrogens (tertiary/aromatic N) is 6. The van der Waals surface area contributed by atoms with Gasteiger partial charge in [-0.1, -0.05) is 0 Å². The third-order valence-corrected chi connectivity index (χ3v) is 4.94. The predicted molar refractivity (Wildman–Crippen MR) is 92.4 cm³/mol. The summed E-state index contributed by atoms with van der Waals surface area (Å²) < 4.78 is 2.03. The molecule has 122 valence electrons. The number of rotatable bonds is 7. The minimum Gasteiger partial charge on any atom is -0.382 e. The van der Waals surface area contributed by atoms with E-state index in [1.54, 1.807) is 17.7 Å². The zero-order valence-corrected chi connectivity index (χ0v) is 14.3. The lowest BCUT2D eigenvalue weighted by molar-refractivity contribution is 0.316. The van der Waals surface area contributed by atoms with Gasteiger partial charge in [0.05, 0.1) is 17.5 Å². The van der Waals surface area contributed by atoms with Gasteiger partial charge in [0, 0.05) is 18.0 Å². The largest absolute Gasteiger partial charge is 0.382 e. The van der Waals surface area contributed by atoms with Crippen LogP contribution in [0.1, 0.15) is 17.0 Å². The Hall–Kier alpha value is -2.06. The van der Waals surface area contributed by atoms with Gasteiger partial charge < -0.3 is 15.2 Å². The minimum absolute atomic E-state index is 0.432. The Balaban J connectivity index is 1.49. The van der Waals surface area contributed by atoms with Crippen LogP contribution >= 0.6 is 11.3 Å². The Morgan fingerprint density at radius 2 is 2.09 bits per heavy atom. The Kier molecular flexibility index (Phi) is 4.82. The molecular formula is C15H21N7S. The van der Waals surface area contributed by atoms with Gasteiger partial charge in [0.25, 0.3) is 0 Å². The van der Waals surface area contributed by atoms with Crippen molar-refractivity contribution in [3.63, 3.8) is 0 Å². The SMILES string of the molecule is Cc1ncsc1CCCN(C)CCn1cnc2c(N)ncnc21. The van der Waals surface area contributed by atoms with Gasteiger partial charge in [-0.15, -0.1) is 11.3 Å². The van der Waals surface area contributed by atoms with Crippen LogP contribution in [0.4, 0.5) is 5.82 Å². The van der Waals surface area contributed by atoms with Gasteiger partial charge in [0.2, 0.25) is 0 Å². The molecule has 0 aliphatic heterocycles. The van der Waals surface area contributed by atoms with Crippen LogP contribution < -0.4 is 5.73 Å². The van der Waals surface area contributed by atoms with E-state index in [2.05, 4.69) is 38.8 Å². The normalized spacial score (nSPS) is 11.6. The molecule has 7 nitrogen and oxygen atoms in total. The Labute approximate surface area is 139 Å². The quantitative estimate of drug-likeness (QED) is 0.710. The van der Waals surface area contributed by atoms with E-state index in [1.165, 1.54) is 16.9 Å². The van der Waals surface area contributed by atoms with Gasteiger partial charge in [-0.3, -0.25) is 0 Å². The van der Waals surface area contributed by atoms with Crippen molar-refractivity contribution >= 4 is 28.3 Å². The number of anilines is 1. The summed E-state index contributed by atoms with van der Waals surface area (Å²) in [5, 5.41) is 0. The summed E-state index contributed by atoms with van der Waals surface area (Å²) >= 11 is 1.75. The first-order chi connectivity index (χ1) is 11.1. The second-order valence-electron chi connectivity index (χ2n) is 5.64.